The number of aromatic nitrogens is 3. The van der Waals surface area contributed by atoms with Crippen LogP contribution in [0.2, 0.25) is 0 Å². The van der Waals surface area contributed by atoms with E-state index < -0.39 is 9.84 Å². The van der Waals surface area contributed by atoms with Gasteiger partial charge in [0.1, 0.15) is 5.52 Å². The molecule has 0 bridgehead atoms. The number of hydrogen-bond donors (Lipinski definition) is 1. The number of sulfone groups is 1. The Morgan fingerprint density at radius 1 is 1.50 bits per heavy atom. The van der Waals surface area contributed by atoms with Crippen LogP contribution in [0.3, 0.4) is 0 Å². The average molecular weight is 264 g/mol. The van der Waals surface area contributed by atoms with Gasteiger partial charge in [-0.15, -0.1) is 0 Å². The fraction of sp³-hybridized carbons (Fsp3) is 0.273. The summed E-state index contributed by atoms with van der Waals surface area (Å²) in [4.78, 5) is 4.23. The second-order valence-electron chi connectivity index (χ2n) is 4.30. The van der Waals surface area contributed by atoms with Gasteiger partial charge in [0.15, 0.2) is 15.7 Å². The van der Waals surface area contributed by atoms with Crippen LogP contribution in [0.15, 0.2) is 29.9 Å². The zero-order chi connectivity index (χ0) is 12.8. The van der Waals surface area contributed by atoms with E-state index in [1.54, 1.807) is 23.0 Å². The molecule has 0 spiro atoms. The fourth-order valence-corrected chi connectivity index (χ4v) is 3.23. The molecule has 94 valence electrons. The Labute approximate surface area is 104 Å². The first-order chi connectivity index (χ1) is 8.53. The number of aryl methyl sites for hydroxylation is 1. The molecule has 1 aliphatic rings. The van der Waals surface area contributed by atoms with Crippen LogP contribution in [0.25, 0.3) is 5.52 Å². The summed E-state index contributed by atoms with van der Waals surface area (Å²) in [6.07, 6.45) is 5.04. The number of fused-ring (bicyclic) bond motifs is 1. The van der Waals surface area contributed by atoms with E-state index in [-0.39, 0.29) is 11.8 Å². The number of hydrogen-bond acceptors (Lipinski definition) is 5. The van der Waals surface area contributed by atoms with Crippen LogP contribution < -0.4 is 5.32 Å². The van der Waals surface area contributed by atoms with E-state index in [0.717, 1.165) is 11.2 Å². The molecule has 1 N–H and O–H groups in total. The predicted molar refractivity (Wildman–Crippen MR) is 68.1 cm³/mol. The van der Waals surface area contributed by atoms with E-state index >= 15 is 0 Å². The van der Waals surface area contributed by atoms with Crippen molar-refractivity contribution in [1.82, 2.24) is 14.6 Å². The lowest BCUT2D eigenvalue weighted by Gasteiger charge is -2.11. The first kappa shape index (κ1) is 11.2. The number of nitrogens with zero attached hydrogens (tertiary/aromatic N) is 3. The molecule has 3 rings (SSSR count). The molecule has 0 amide bonds. The van der Waals surface area contributed by atoms with Gasteiger partial charge in [-0.25, -0.2) is 17.9 Å². The Morgan fingerprint density at radius 3 is 3.06 bits per heavy atom. The Morgan fingerprint density at radius 2 is 2.33 bits per heavy atom. The van der Waals surface area contributed by atoms with Crippen LogP contribution in [0.5, 0.6) is 0 Å². The van der Waals surface area contributed by atoms with Crippen molar-refractivity contribution in [3.05, 3.63) is 35.6 Å². The Bertz CT molecular complexity index is 733. The first-order valence-corrected chi connectivity index (χ1v) is 7.23. The maximum absolute atomic E-state index is 11.3. The summed E-state index contributed by atoms with van der Waals surface area (Å²) in [5.74, 6) is 0.716. The van der Waals surface area contributed by atoms with Crippen LogP contribution in [-0.2, 0) is 9.84 Å². The molecule has 7 heteroatoms. The molecule has 0 saturated heterocycles. The van der Waals surface area contributed by atoms with Gasteiger partial charge in [-0.1, -0.05) is 0 Å². The van der Waals surface area contributed by atoms with Crippen LogP contribution in [0.1, 0.15) is 5.69 Å². The quantitative estimate of drug-likeness (QED) is 0.866. The van der Waals surface area contributed by atoms with Gasteiger partial charge >= 0.3 is 0 Å². The summed E-state index contributed by atoms with van der Waals surface area (Å²) in [6, 6.07) is 1.67. The van der Waals surface area contributed by atoms with E-state index in [4.69, 9.17) is 0 Å². The summed E-state index contributed by atoms with van der Waals surface area (Å²) in [5.41, 5.74) is 1.73. The second-order valence-corrected chi connectivity index (χ2v) is 6.23. The minimum absolute atomic E-state index is 0.0723. The topological polar surface area (TPSA) is 76.4 Å². The van der Waals surface area contributed by atoms with Gasteiger partial charge in [-0.05, 0) is 19.1 Å². The highest BCUT2D eigenvalue weighted by Gasteiger charge is 2.22. The van der Waals surface area contributed by atoms with E-state index in [1.165, 1.54) is 5.41 Å². The Hall–Kier alpha value is -1.89. The van der Waals surface area contributed by atoms with Crippen molar-refractivity contribution >= 4 is 21.2 Å². The first-order valence-electron chi connectivity index (χ1n) is 5.52. The molecule has 0 fully saturated rings. The van der Waals surface area contributed by atoms with Crippen LogP contribution in [0.4, 0.5) is 5.82 Å². The normalized spacial score (nSPS) is 21.5. The molecule has 0 aliphatic carbocycles. The number of anilines is 1. The predicted octanol–water partition coefficient (Wildman–Crippen LogP) is 0.760. The van der Waals surface area contributed by atoms with Crippen LogP contribution >= 0.6 is 0 Å². The number of rotatable bonds is 2. The largest absolute Gasteiger partial charge is 0.361 e. The monoisotopic (exact) mass is 264 g/mol. The molecular formula is C11H12N4O2S. The van der Waals surface area contributed by atoms with Crippen molar-refractivity contribution in [3.63, 3.8) is 0 Å². The highest BCUT2D eigenvalue weighted by atomic mass is 32.2. The molecular weight excluding hydrogens is 252 g/mol. The lowest BCUT2D eigenvalue weighted by molar-refractivity contribution is 0.605. The third-order valence-corrected chi connectivity index (χ3v) is 4.16. The zero-order valence-corrected chi connectivity index (χ0v) is 10.6. The van der Waals surface area contributed by atoms with Gasteiger partial charge in [0.2, 0.25) is 0 Å². The second kappa shape index (κ2) is 3.81. The molecule has 6 nitrogen and oxygen atoms in total. The van der Waals surface area contributed by atoms with Crippen molar-refractivity contribution in [2.45, 2.75) is 13.0 Å². The minimum Gasteiger partial charge on any atom is -0.361 e. The molecule has 18 heavy (non-hydrogen) atoms. The summed E-state index contributed by atoms with van der Waals surface area (Å²) in [5, 5.41) is 8.63. The lowest BCUT2D eigenvalue weighted by atomic mass is 10.3. The lowest BCUT2D eigenvalue weighted by Crippen LogP contribution is -2.21. The maximum atomic E-state index is 11.3. The Balaban J connectivity index is 1.94. The Kier molecular flexibility index (Phi) is 2.37. The van der Waals surface area contributed by atoms with Gasteiger partial charge < -0.3 is 5.32 Å². The maximum Gasteiger partial charge on any atom is 0.173 e. The number of nitrogens with one attached hydrogen (secondary N) is 1. The van der Waals surface area contributed by atoms with Crippen molar-refractivity contribution in [2.24, 2.45) is 0 Å². The van der Waals surface area contributed by atoms with Gasteiger partial charge in [0.05, 0.1) is 17.5 Å². The molecule has 1 atom stereocenters. The van der Waals surface area contributed by atoms with Gasteiger partial charge in [0.25, 0.3) is 0 Å². The smallest absolute Gasteiger partial charge is 0.173 e. The van der Waals surface area contributed by atoms with Crippen molar-refractivity contribution in [3.8, 4) is 0 Å². The molecule has 0 saturated carbocycles. The van der Waals surface area contributed by atoms with Crippen molar-refractivity contribution in [2.75, 3.05) is 11.1 Å². The van der Waals surface area contributed by atoms with Crippen molar-refractivity contribution in [1.29, 1.82) is 0 Å². The summed E-state index contributed by atoms with van der Waals surface area (Å²) in [6.45, 7) is 1.90. The summed E-state index contributed by atoms with van der Waals surface area (Å²) < 4.78 is 24.4. The van der Waals surface area contributed by atoms with Crippen LogP contribution in [0, 0.1) is 6.92 Å². The average Bonchev–Trinajstić information content (AvgIpc) is 2.81. The van der Waals surface area contributed by atoms with E-state index in [0.29, 0.717) is 5.82 Å². The molecule has 0 radical (unpaired) electrons. The molecule has 2 aromatic rings. The van der Waals surface area contributed by atoms with Crippen molar-refractivity contribution < 1.29 is 8.42 Å². The standard InChI is InChI=1S/C11H12N4O2S/c1-8-6-10-11(12-3-4-15(10)14-8)13-9-2-5-18(16,17)7-9/h2-6,9H,7H2,1H3,(H,12,13). The minimum atomic E-state index is -3.06. The van der Waals surface area contributed by atoms with Crippen LogP contribution in [-0.4, -0.2) is 34.8 Å². The summed E-state index contributed by atoms with van der Waals surface area (Å²) in [7, 11) is -3.06. The third kappa shape index (κ3) is 1.97. The third-order valence-electron chi connectivity index (χ3n) is 2.76. The van der Waals surface area contributed by atoms with Gasteiger partial charge in [-0.3, -0.25) is 0 Å². The molecule has 1 unspecified atom stereocenters. The summed E-state index contributed by atoms with van der Waals surface area (Å²) >= 11 is 0. The van der Waals surface area contributed by atoms with E-state index in [1.807, 2.05) is 13.0 Å². The molecule has 2 aromatic heterocycles. The fourth-order valence-electron chi connectivity index (χ4n) is 2.00. The van der Waals surface area contributed by atoms with Gasteiger partial charge in [-0.2, -0.15) is 5.10 Å². The van der Waals surface area contributed by atoms with E-state index in [9.17, 15) is 8.42 Å². The van der Waals surface area contributed by atoms with Gasteiger partial charge in [0, 0.05) is 17.8 Å². The molecule has 1 aliphatic heterocycles. The van der Waals surface area contributed by atoms with E-state index in [2.05, 4.69) is 15.4 Å². The SMILES string of the molecule is Cc1cc2c(NC3C=CS(=O)(=O)C3)nccn2n1. The highest BCUT2D eigenvalue weighted by Crippen LogP contribution is 2.18. The molecule has 0 aromatic carbocycles. The highest BCUT2D eigenvalue weighted by molar-refractivity contribution is 7.94. The molecule has 3 heterocycles. The zero-order valence-electron chi connectivity index (χ0n) is 9.74.